The number of aromatic nitrogens is 3. The third kappa shape index (κ3) is 5.21. The molecule has 224 valence electrons. The molecule has 2 aromatic heterocycles. The number of rotatable bonds is 7. The molecule has 3 aliphatic rings. The molecule has 4 aromatic rings. The minimum absolute atomic E-state index is 0.0369. The van der Waals surface area contributed by atoms with Gasteiger partial charge in [-0.15, -0.1) is 0 Å². The predicted octanol–water partition coefficient (Wildman–Crippen LogP) is 6.83. The number of pyridine rings is 1. The maximum atomic E-state index is 13.5. The van der Waals surface area contributed by atoms with E-state index in [9.17, 15) is 4.79 Å². The van der Waals surface area contributed by atoms with Gasteiger partial charge in [-0.2, -0.15) is 0 Å². The Bertz CT molecular complexity index is 1600. The summed E-state index contributed by atoms with van der Waals surface area (Å²) in [5.41, 5.74) is 4.30. The van der Waals surface area contributed by atoms with Gasteiger partial charge in [0.25, 0.3) is 5.91 Å². The van der Waals surface area contributed by atoms with E-state index in [0.29, 0.717) is 47.7 Å². The van der Waals surface area contributed by atoms with E-state index in [1.807, 2.05) is 4.90 Å². The van der Waals surface area contributed by atoms with Crippen LogP contribution >= 0.6 is 11.6 Å². The lowest BCUT2D eigenvalue weighted by Crippen LogP contribution is -2.49. The van der Waals surface area contributed by atoms with E-state index >= 15 is 0 Å². The van der Waals surface area contributed by atoms with Crippen LogP contribution in [0.4, 0.5) is 0 Å². The van der Waals surface area contributed by atoms with Crippen LogP contribution in [-0.4, -0.2) is 69.1 Å². The molecular weight excluding hydrogens is 558 g/mol. The maximum Gasteiger partial charge on any atom is 0.259 e. The van der Waals surface area contributed by atoms with Crippen molar-refractivity contribution in [1.29, 1.82) is 0 Å². The van der Waals surface area contributed by atoms with E-state index in [1.165, 1.54) is 43.0 Å². The fourth-order valence-electron chi connectivity index (χ4n) is 8.32. The summed E-state index contributed by atoms with van der Waals surface area (Å²) in [7, 11) is 1.56. The third-order valence-corrected chi connectivity index (χ3v) is 10.7. The van der Waals surface area contributed by atoms with Crippen molar-refractivity contribution in [2.75, 3.05) is 26.7 Å². The van der Waals surface area contributed by atoms with E-state index in [0.717, 1.165) is 37.1 Å². The summed E-state index contributed by atoms with van der Waals surface area (Å²) in [5.74, 6) is 1.57. The van der Waals surface area contributed by atoms with E-state index in [4.69, 9.17) is 21.3 Å². The van der Waals surface area contributed by atoms with Crippen molar-refractivity contribution in [3.63, 3.8) is 0 Å². The van der Waals surface area contributed by atoms with Gasteiger partial charge in [0.1, 0.15) is 16.7 Å². The standard InChI is InChI=1S/C35H40ClN5O2/c1-24-38-30-10-6-7-11-31(30)41(24)28-20-26-12-13-27(21-28)40(26)19-16-35(25-8-4-3-5-9-25)14-17-39(18-15-35)34(42)29-23-37-33(36)22-32(29)43-2/h3-11,22-23,26-28H,12-21H2,1-2H3. The molecule has 0 aliphatic carbocycles. The normalized spacial score (nSPS) is 23.5. The van der Waals surface area contributed by atoms with Crippen LogP contribution in [0, 0.1) is 6.92 Å². The maximum absolute atomic E-state index is 13.5. The summed E-state index contributed by atoms with van der Waals surface area (Å²) in [6.07, 6.45) is 9.47. The van der Waals surface area contributed by atoms with Crippen LogP contribution in [0.25, 0.3) is 11.0 Å². The predicted molar refractivity (Wildman–Crippen MR) is 170 cm³/mol. The first-order valence-corrected chi connectivity index (χ1v) is 16.1. The van der Waals surface area contributed by atoms with Gasteiger partial charge in [0.15, 0.2) is 0 Å². The number of amides is 1. The van der Waals surface area contributed by atoms with Gasteiger partial charge in [0.05, 0.1) is 23.7 Å². The molecule has 2 atom stereocenters. The lowest BCUT2D eigenvalue weighted by molar-refractivity contribution is 0.0604. The first-order chi connectivity index (χ1) is 21.0. The van der Waals surface area contributed by atoms with Gasteiger partial charge in [-0.05, 0) is 81.5 Å². The Morgan fingerprint density at radius 3 is 2.42 bits per heavy atom. The summed E-state index contributed by atoms with van der Waals surface area (Å²) in [6.45, 7) is 4.68. The molecule has 5 heterocycles. The first-order valence-electron chi connectivity index (χ1n) is 15.7. The number of likely N-dealkylation sites (tertiary alicyclic amines) is 1. The number of ether oxygens (including phenoxy) is 1. The van der Waals surface area contributed by atoms with Gasteiger partial charge in [0, 0.05) is 43.5 Å². The number of methoxy groups -OCH3 is 1. The van der Waals surface area contributed by atoms with Crippen molar-refractivity contribution in [3.05, 3.63) is 89.0 Å². The topological polar surface area (TPSA) is 63.5 Å². The summed E-state index contributed by atoms with van der Waals surface area (Å²) >= 11 is 6.05. The van der Waals surface area contributed by atoms with Crippen molar-refractivity contribution >= 4 is 28.5 Å². The molecule has 2 aromatic carbocycles. The van der Waals surface area contributed by atoms with Gasteiger partial charge >= 0.3 is 0 Å². The molecule has 1 amide bonds. The largest absolute Gasteiger partial charge is 0.496 e. The zero-order chi connectivity index (χ0) is 29.6. The zero-order valence-corrected chi connectivity index (χ0v) is 25.8. The number of fused-ring (bicyclic) bond motifs is 3. The fourth-order valence-corrected chi connectivity index (χ4v) is 8.46. The molecule has 0 saturated carbocycles. The Hall–Kier alpha value is -3.42. The lowest BCUT2D eigenvalue weighted by atomic mass is 9.70. The molecule has 2 unspecified atom stereocenters. The number of piperidine rings is 2. The van der Waals surface area contributed by atoms with Crippen molar-refractivity contribution in [2.24, 2.45) is 0 Å². The van der Waals surface area contributed by atoms with E-state index in [-0.39, 0.29) is 11.3 Å². The number of para-hydroxylation sites is 2. The quantitative estimate of drug-likeness (QED) is 0.218. The number of benzene rings is 2. The molecule has 2 bridgehead atoms. The molecule has 7 nitrogen and oxygen atoms in total. The highest BCUT2D eigenvalue weighted by molar-refractivity contribution is 6.29. The molecule has 0 spiro atoms. The fraction of sp³-hybridized carbons (Fsp3) is 0.457. The molecule has 3 saturated heterocycles. The summed E-state index contributed by atoms with van der Waals surface area (Å²) in [6, 6.07) is 22.9. The van der Waals surface area contributed by atoms with E-state index in [1.54, 1.807) is 13.2 Å². The molecule has 3 aliphatic heterocycles. The minimum Gasteiger partial charge on any atom is -0.496 e. The Morgan fingerprint density at radius 1 is 1.00 bits per heavy atom. The number of imidazole rings is 1. The second-order valence-corrected chi connectivity index (χ2v) is 13.0. The number of carbonyl (C=O) groups is 1. The SMILES string of the molecule is COc1cc(Cl)ncc1C(=O)N1CCC(CCN2C3CCC2CC(n2c(C)nc4ccccc42)C3)(c2ccccc2)CC1. The van der Waals surface area contributed by atoms with Crippen LogP contribution in [0.3, 0.4) is 0 Å². The molecular formula is C35H40ClN5O2. The number of hydrogen-bond acceptors (Lipinski definition) is 5. The second-order valence-electron chi connectivity index (χ2n) is 12.7. The van der Waals surface area contributed by atoms with Crippen LogP contribution in [0.15, 0.2) is 66.9 Å². The number of halogens is 1. The van der Waals surface area contributed by atoms with Crippen molar-refractivity contribution in [1.82, 2.24) is 24.3 Å². The molecule has 0 radical (unpaired) electrons. The average Bonchev–Trinajstić information content (AvgIpc) is 3.50. The van der Waals surface area contributed by atoms with Crippen LogP contribution in [0.1, 0.15) is 72.7 Å². The average molecular weight is 598 g/mol. The van der Waals surface area contributed by atoms with E-state index < -0.39 is 0 Å². The molecule has 7 rings (SSSR count). The smallest absolute Gasteiger partial charge is 0.259 e. The number of aryl methyl sites for hydroxylation is 1. The number of nitrogens with zero attached hydrogens (tertiary/aromatic N) is 5. The van der Waals surface area contributed by atoms with E-state index in [2.05, 4.69) is 76.0 Å². The Balaban J connectivity index is 1.06. The lowest BCUT2D eigenvalue weighted by Gasteiger charge is -2.45. The Morgan fingerprint density at radius 2 is 1.70 bits per heavy atom. The van der Waals surface area contributed by atoms with Crippen LogP contribution in [0.2, 0.25) is 5.15 Å². The van der Waals surface area contributed by atoms with Crippen LogP contribution < -0.4 is 4.74 Å². The van der Waals surface area contributed by atoms with Crippen molar-refractivity contribution in [3.8, 4) is 5.75 Å². The van der Waals surface area contributed by atoms with Crippen molar-refractivity contribution < 1.29 is 9.53 Å². The van der Waals surface area contributed by atoms with Crippen LogP contribution in [0.5, 0.6) is 5.75 Å². The highest BCUT2D eigenvalue weighted by Crippen LogP contribution is 2.45. The van der Waals surface area contributed by atoms with Gasteiger partial charge in [-0.3, -0.25) is 9.69 Å². The summed E-state index contributed by atoms with van der Waals surface area (Å²) in [5, 5.41) is 0.321. The van der Waals surface area contributed by atoms with Gasteiger partial charge in [-0.25, -0.2) is 9.97 Å². The number of hydrogen-bond donors (Lipinski definition) is 0. The van der Waals surface area contributed by atoms with Gasteiger partial charge in [-0.1, -0.05) is 54.1 Å². The Labute approximate surface area is 258 Å². The van der Waals surface area contributed by atoms with Crippen molar-refractivity contribution in [2.45, 2.75) is 75.4 Å². The molecule has 8 heteroatoms. The van der Waals surface area contributed by atoms with Gasteiger partial charge in [0.2, 0.25) is 0 Å². The highest BCUT2D eigenvalue weighted by atomic mass is 35.5. The monoisotopic (exact) mass is 597 g/mol. The minimum atomic E-state index is -0.0369. The molecule has 3 fully saturated rings. The van der Waals surface area contributed by atoms with Crippen LogP contribution in [-0.2, 0) is 5.41 Å². The number of carbonyl (C=O) groups excluding carboxylic acids is 1. The summed E-state index contributed by atoms with van der Waals surface area (Å²) in [4.78, 5) is 27.3. The zero-order valence-electron chi connectivity index (χ0n) is 25.1. The highest BCUT2D eigenvalue weighted by Gasteiger charge is 2.44. The summed E-state index contributed by atoms with van der Waals surface area (Å²) < 4.78 is 7.97. The third-order valence-electron chi connectivity index (χ3n) is 10.5. The molecule has 43 heavy (non-hydrogen) atoms. The first kappa shape index (κ1) is 28.4. The second kappa shape index (κ2) is 11.6. The van der Waals surface area contributed by atoms with Gasteiger partial charge < -0.3 is 14.2 Å². The molecule has 0 N–H and O–H groups in total. The Kier molecular flexibility index (Phi) is 7.64.